The molecule has 6 saturated heterocycles. The number of fused-ring (bicyclic) bond motifs is 2. The van der Waals surface area contributed by atoms with Gasteiger partial charge in [-0.15, -0.1) is 0 Å². The summed E-state index contributed by atoms with van der Waals surface area (Å²) in [4.78, 5) is 0. The van der Waals surface area contributed by atoms with E-state index in [0.29, 0.717) is 17.8 Å². The van der Waals surface area contributed by atoms with Crippen LogP contribution in [0.3, 0.4) is 0 Å². The molecule has 202 valence electrons. The Labute approximate surface area is 213 Å². The number of hydrogen-bond acceptors (Lipinski definition) is 5. The van der Waals surface area contributed by atoms with E-state index in [1.165, 1.54) is 0 Å². The summed E-state index contributed by atoms with van der Waals surface area (Å²) in [5.74, 6) is 1.59. The van der Waals surface area contributed by atoms with Crippen LogP contribution in [-0.2, 0) is 14.2 Å². The Kier molecular flexibility index (Phi) is 6.53. The van der Waals surface area contributed by atoms with Gasteiger partial charge in [0.15, 0.2) is 0 Å². The minimum atomic E-state index is -0.634. The predicted octanol–water partition coefficient (Wildman–Crippen LogP) is 5.50. The van der Waals surface area contributed by atoms with Crippen LogP contribution in [0.1, 0.15) is 107 Å². The molecule has 0 spiro atoms. The summed E-state index contributed by atoms with van der Waals surface area (Å²) in [6.45, 7) is 17.9. The fourth-order valence-electron chi connectivity index (χ4n) is 9.39. The van der Waals surface area contributed by atoms with Crippen molar-refractivity contribution in [3.8, 4) is 0 Å². The molecule has 0 aromatic carbocycles. The van der Waals surface area contributed by atoms with Crippen LogP contribution in [0, 0.1) is 35.5 Å². The lowest BCUT2D eigenvalue weighted by Crippen LogP contribution is -2.66. The average Bonchev–Trinajstić information content (AvgIpc) is 2.77. The fourth-order valence-corrected chi connectivity index (χ4v) is 9.39. The van der Waals surface area contributed by atoms with Crippen LogP contribution < -0.4 is 0 Å². The third-order valence-electron chi connectivity index (χ3n) is 11.5. The first kappa shape index (κ1) is 26.4. The van der Waals surface area contributed by atoms with Gasteiger partial charge in [0.2, 0.25) is 0 Å². The molecule has 35 heavy (non-hydrogen) atoms. The summed E-state index contributed by atoms with van der Waals surface area (Å²) in [5.41, 5.74) is -1.70. The van der Waals surface area contributed by atoms with Gasteiger partial charge < -0.3 is 24.4 Å². The zero-order valence-electron chi connectivity index (χ0n) is 23.5. The molecule has 0 radical (unpaired) electrons. The van der Waals surface area contributed by atoms with Crippen molar-refractivity contribution in [3.05, 3.63) is 0 Å². The number of hydrogen-bond donors (Lipinski definition) is 2. The second kappa shape index (κ2) is 8.66. The molecule has 6 aliphatic rings. The Bertz CT molecular complexity index is 800. The molecular weight excluding hydrogens is 440 g/mol. The smallest absolute Gasteiger partial charge is 0.113 e. The lowest BCUT2D eigenvalue weighted by atomic mass is 9.58. The van der Waals surface area contributed by atoms with Gasteiger partial charge in [0.1, 0.15) is 12.2 Å². The van der Waals surface area contributed by atoms with Crippen LogP contribution in [0.5, 0.6) is 0 Å². The van der Waals surface area contributed by atoms with Gasteiger partial charge in [0, 0.05) is 0 Å². The van der Waals surface area contributed by atoms with Gasteiger partial charge in [0.05, 0.1) is 34.6 Å². The summed E-state index contributed by atoms with van der Waals surface area (Å²) >= 11 is 0. The second-order valence-corrected chi connectivity index (χ2v) is 14.6. The molecule has 0 unspecified atom stereocenters. The topological polar surface area (TPSA) is 68.2 Å². The first-order chi connectivity index (χ1) is 16.2. The molecule has 0 amide bonds. The van der Waals surface area contributed by atoms with Gasteiger partial charge in [-0.2, -0.15) is 0 Å². The Hall–Kier alpha value is -0.200. The Morgan fingerprint density at radius 3 is 1.77 bits per heavy atom. The van der Waals surface area contributed by atoms with Crippen molar-refractivity contribution in [1.29, 1.82) is 0 Å². The normalized spacial score (nSPS) is 56.6. The average molecular weight is 493 g/mol. The molecule has 0 aromatic heterocycles. The monoisotopic (exact) mass is 492 g/mol. The maximum absolute atomic E-state index is 12.1. The van der Waals surface area contributed by atoms with E-state index >= 15 is 0 Å². The van der Waals surface area contributed by atoms with Gasteiger partial charge in [0.25, 0.3) is 0 Å². The third-order valence-corrected chi connectivity index (χ3v) is 11.5. The molecule has 6 bridgehead atoms. The molecule has 12 atom stereocenters. The first-order valence-electron chi connectivity index (χ1n) is 14.6. The molecule has 2 N–H and O–H groups in total. The number of aliphatic hydroxyl groups is 2. The van der Waals surface area contributed by atoms with Crippen LogP contribution in [0.25, 0.3) is 0 Å². The Balaban J connectivity index is 1.71. The number of aliphatic hydroxyl groups excluding tert-OH is 2. The van der Waals surface area contributed by atoms with E-state index < -0.39 is 35.6 Å². The van der Waals surface area contributed by atoms with Crippen LogP contribution in [0.4, 0.5) is 0 Å². The molecule has 6 heterocycles. The van der Waals surface area contributed by atoms with Crippen molar-refractivity contribution in [2.75, 3.05) is 0 Å². The molecule has 6 rings (SSSR count). The molecular formula is C30H52O5. The van der Waals surface area contributed by atoms with E-state index in [1.54, 1.807) is 0 Å². The van der Waals surface area contributed by atoms with Crippen LogP contribution in [0.2, 0.25) is 0 Å². The molecule has 0 aliphatic carbocycles. The summed E-state index contributed by atoms with van der Waals surface area (Å²) in [7, 11) is 0. The standard InChI is InChI=1S/C30H52O5/c1-17(2)19-9-13-27(5)14-11-22-21-12-16-29(7)25(33-26(24(19)32)30(22,8)34-27)23(31)20(18(3)4)10-15-28(21,6)35-29/h17-26,31-32H,9-16H2,1-8H3/t19-,20-,21+,22-,23+,24+,25+,26-,27-,28-,29-,30-/m1/s1. The van der Waals surface area contributed by atoms with Crippen molar-refractivity contribution in [2.45, 2.75) is 154 Å². The maximum Gasteiger partial charge on any atom is 0.113 e. The molecule has 6 aliphatic heterocycles. The van der Waals surface area contributed by atoms with Crippen molar-refractivity contribution in [1.82, 2.24) is 0 Å². The SMILES string of the molecule is CC(C)[C@H]1CC[C@]2(C)CC[C@@H]3[C@@H]4CC[C@@]5(C)O[C@]4(C)CC[C@H](C(C)C)[C@H](O)[C@@H]5O[C@H]([C@H]1O)[C@]3(C)O2. The largest absolute Gasteiger partial charge is 0.390 e. The summed E-state index contributed by atoms with van der Waals surface area (Å²) in [5, 5.41) is 24.0. The van der Waals surface area contributed by atoms with E-state index in [-0.39, 0.29) is 29.0 Å². The van der Waals surface area contributed by atoms with Crippen LogP contribution >= 0.6 is 0 Å². The lowest BCUT2D eigenvalue weighted by molar-refractivity contribution is -0.305. The van der Waals surface area contributed by atoms with Crippen molar-refractivity contribution in [2.24, 2.45) is 35.5 Å². The minimum Gasteiger partial charge on any atom is -0.390 e. The summed E-state index contributed by atoms with van der Waals surface area (Å²) < 4.78 is 21.5. The fraction of sp³-hybridized carbons (Fsp3) is 1.00. The minimum absolute atomic E-state index is 0.142. The van der Waals surface area contributed by atoms with E-state index in [1.807, 2.05) is 0 Å². The Morgan fingerprint density at radius 1 is 0.629 bits per heavy atom. The maximum atomic E-state index is 12.1. The van der Waals surface area contributed by atoms with Gasteiger partial charge in [-0.05, 0) is 115 Å². The van der Waals surface area contributed by atoms with E-state index in [2.05, 4.69) is 55.4 Å². The highest BCUT2D eigenvalue weighted by molar-refractivity contribution is 5.14. The van der Waals surface area contributed by atoms with Gasteiger partial charge in [-0.1, -0.05) is 27.7 Å². The number of ether oxygens (including phenoxy) is 3. The molecule has 0 saturated carbocycles. The molecule has 5 heteroatoms. The highest BCUT2D eigenvalue weighted by Crippen LogP contribution is 2.60. The highest BCUT2D eigenvalue weighted by atomic mass is 16.6. The lowest BCUT2D eigenvalue weighted by Gasteiger charge is -2.60. The number of rotatable bonds is 2. The zero-order chi connectivity index (χ0) is 25.6. The van der Waals surface area contributed by atoms with Gasteiger partial charge in [-0.25, -0.2) is 0 Å². The quantitative estimate of drug-likeness (QED) is 0.533. The van der Waals surface area contributed by atoms with E-state index in [0.717, 1.165) is 51.4 Å². The second-order valence-electron chi connectivity index (χ2n) is 14.6. The first-order valence-corrected chi connectivity index (χ1v) is 14.6. The zero-order valence-corrected chi connectivity index (χ0v) is 23.5. The van der Waals surface area contributed by atoms with Gasteiger partial charge in [-0.3, -0.25) is 0 Å². The molecule has 0 aromatic rings. The summed E-state index contributed by atoms with van der Waals surface area (Å²) in [6, 6.07) is 0. The molecule has 5 nitrogen and oxygen atoms in total. The highest BCUT2D eigenvalue weighted by Gasteiger charge is 2.66. The van der Waals surface area contributed by atoms with Gasteiger partial charge >= 0.3 is 0 Å². The predicted molar refractivity (Wildman–Crippen MR) is 137 cm³/mol. The van der Waals surface area contributed by atoms with E-state index in [4.69, 9.17) is 14.2 Å². The molecule has 6 fully saturated rings. The summed E-state index contributed by atoms with van der Waals surface area (Å²) in [6.07, 6.45) is 5.60. The van der Waals surface area contributed by atoms with Crippen molar-refractivity contribution < 1.29 is 24.4 Å². The van der Waals surface area contributed by atoms with Crippen molar-refractivity contribution in [3.63, 3.8) is 0 Å². The van der Waals surface area contributed by atoms with Crippen LogP contribution in [0.15, 0.2) is 0 Å². The van der Waals surface area contributed by atoms with Crippen molar-refractivity contribution >= 4 is 0 Å². The van der Waals surface area contributed by atoms with E-state index in [9.17, 15) is 10.2 Å². The third kappa shape index (κ3) is 4.06. The van der Waals surface area contributed by atoms with Crippen LogP contribution in [-0.4, -0.2) is 57.0 Å². The Morgan fingerprint density at radius 2 is 1.14 bits per heavy atom.